The molecule has 1 aliphatic rings. The lowest BCUT2D eigenvalue weighted by Gasteiger charge is -2.36. The minimum Gasteiger partial charge on any atom is -0.493 e. The number of methoxy groups -OCH3 is 2. The third kappa shape index (κ3) is 3.65. The molecule has 0 saturated carbocycles. The van der Waals surface area contributed by atoms with Crippen molar-refractivity contribution in [3.8, 4) is 11.5 Å². The lowest BCUT2D eigenvalue weighted by atomic mass is 10.2. The molecule has 0 amide bonds. The number of piperazine rings is 1. The highest BCUT2D eigenvalue weighted by molar-refractivity contribution is 7.89. The van der Waals surface area contributed by atoms with E-state index in [2.05, 4.69) is 5.32 Å². The Morgan fingerprint density at radius 1 is 1.18 bits per heavy atom. The van der Waals surface area contributed by atoms with Gasteiger partial charge in [-0.25, -0.2) is 8.42 Å². The number of nitrogens with one attached hydrogen (secondary N) is 1. The average Bonchev–Trinajstić information content (AvgIpc) is 2.48. The van der Waals surface area contributed by atoms with Crippen molar-refractivity contribution >= 4 is 22.4 Å². The number of halogens is 1. The quantitative estimate of drug-likeness (QED) is 0.891. The van der Waals surface area contributed by atoms with Gasteiger partial charge in [0, 0.05) is 31.2 Å². The molecule has 2 rings (SSSR count). The third-order valence-electron chi connectivity index (χ3n) is 3.67. The number of rotatable bonds is 4. The second-order valence-corrected chi connectivity index (χ2v) is 7.14. The van der Waals surface area contributed by atoms with Crippen LogP contribution in [0.25, 0.3) is 0 Å². The summed E-state index contributed by atoms with van der Waals surface area (Å²) >= 11 is 0. The molecule has 6 nitrogen and oxygen atoms in total. The summed E-state index contributed by atoms with van der Waals surface area (Å²) in [5.74, 6) is 0.924. The summed E-state index contributed by atoms with van der Waals surface area (Å²) in [5.41, 5.74) is 0. The van der Waals surface area contributed by atoms with Gasteiger partial charge in [-0.1, -0.05) is 0 Å². The molecule has 0 unspecified atom stereocenters. The van der Waals surface area contributed by atoms with Crippen LogP contribution in [0.2, 0.25) is 0 Å². The van der Waals surface area contributed by atoms with E-state index < -0.39 is 10.0 Å². The minimum atomic E-state index is -3.54. The fourth-order valence-electron chi connectivity index (χ4n) is 2.44. The number of ether oxygens (including phenoxy) is 2. The van der Waals surface area contributed by atoms with E-state index in [1.807, 2.05) is 13.8 Å². The lowest BCUT2D eigenvalue weighted by molar-refractivity contribution is 0.244. The summed E-state index contributed by atoms with van der Waals surface area (Å²) in [4.78, 5) is 0.223. The lowest BCUT2D eigenvalue weighted by Crippen LogP contribution is -2.56. The van der Waals surface area contributed by atoms with E-state index in [0.717, 1.165) is 0 Å². The molecule has 1 N–H and O–H groups in total. The zero-order valence-electron chi connectivity index (χ0n) is 13.2. The fourth-order valence-corrected chi connectivity index (χ4v) is 4.17. The van der Waals surface area contributed by atoms with Gasteiger partial charge >= 0.3 is 0 Å². The Bertz CT molecular complexity index is 609. The van der Waals surface area contributed by atoms with Crippen LogP contribution in [0.5, 0.6) is 11.5 Å². The molecule has 1 fully saturated rings. The summed E-state index contributed by atoms with van der Waals surface area (Å²) in [7, 11) is -0.534. The summed E-state index contributed by atoms with van der Waals surface area (Å²) in [6.07, 6.45) is 0. The largest absolute Gasteiger partial charge is 0.493 e. The monoisotopic (exact) mass is 350 g/mol. The van der Waals surface area contributed by atoms with Gasteiger partial charge in [0.2, 0.25) is 10.0 Å². The standard InChI is InChI=1S/C14H22N2O4S.ClH/c1-10-9-16(11(2)8-15-10)21(17,18)12-5-6-13(19-3)14(7-12)20-4;/h5-7,10-11,15H,8-9H2,1-4H3;1H/t10-,11-;/m0./s1. The second-order valence-electron chi connectivity index (χ2n) is 5.25. The van der Waals surface area contributed by atoms with Gasteiger partial charge in [-0.2, -0.15) is 4.31 Å². The van der Waals surface area contributed by atoms with E-state index in [-0.39, 0.29) is 29.4 Å². The van der Waals surface area contributed by atoms with Crippen molar-refractivity contribution in [3.05, 3.63) is 18.2 Å². The first-order chi connectivity index (χ1) is 9.90. The molecule has 22 heavy (non-hydrogen) atoms. The van der Waals surface area contributed by atoms with Gasteiger partial charge in [0.1, 0.15) is 0 Å². The van der Waals surface area contributed by atoms with Gasteiger partial charge in [-0.15, -0.1) is 12.4 Å². The van der Waals surface area contributed by atoms with Crippen molar-refractivity contribution in [2.45, 2.75) is 30.8 Å². The molecular weight excluding hydrogens is 328 g/mol. The van der Waals surface area contributed by atoms with Crippen molar-refractivity contribution in [1.82, 2.24) is 9.62 Å². The molecule has 1 saturated heterocycles. The Labute approximate surface area is 138 Å². The Hall–Kier alpha value is -1.02. The van der Waals surface area contributed by atoms with Crippen LogP contribution >= 0.6 is 12.4 Å². The van der Waals surface area contributed by atoms with Crippen LogP contribution in [0.4, 0.5) is 0 Å². The SMILES string of the molecule is COc1ccc(S(=O)(=O)N2C[C@H](C)NC[C@@H]2C)cc1OC.Cl. The van der Waals surface area contributed by atoms with Crippen LogP contribution < -0.4 is 14.8 Å². The maximum absolute atomic E-state index is 12.8. The first-order valence-electron chi connectivity index (χ1n) is 6.87. The van der Waals surface area contributed by atoms with Crippen LogP contribution in [0.1, 0.15) is 13.8 Å². The highest BCUT2D eigenvalue weighted by atomic mass is 35.5. The van der Waals surface area contributed by atoms with Crippen molar-refractivity contribution in [2.24, 2.45) is 0 Å². The van der Waals surface area contributed by atoms with Gasteiger partial charge in [-0.05, 0) is 26.0 Å². The van der Waals surface area contributed by atoms with Crippen molar-refractivity contribution < 1.29 is 17.9 Å². The maximum atomic E-state index is 12.8. The van der Waals surface area contributed by atoms with Crippen molar-refractivity contribution in [1.29, 1.82) is 0 Å². The molecule has 2 atom stereocenters. The van der Waals surface area contributed by atoms with Crippen LogP contribution in [-0.2, 0) is 10.0 Å². The Morgan fingerprint density at radius 3 is 2.41 bits per heavy atom. The molecule has 8 heteroatoms. The first kappa shape index (κ1) is 19.0. The predicted octanol–water partition coefficient (Wildman–Crippen LogP) is 1.50. The average molecular weight is 351 g/mol. The molecule has 126 valence electrons. The minimum absolute atomic E-state index is 0. The molecule has 0 aromatic heterocycles. The van der Waals surface area contributed by atoms with E-state index >= 15 is 0 Å². The third-order valence-corrected chi connectivity index (χ3v) is 5.64. The molecule has 1 aliphatic heterocycles. The predicted molar refractivity (Wildman–Crippen MR) is 87.6 cm³/mol. The Morgan fingerprint density at radius 2 is 1.82 bits per heavy atom. The zero-order chi connectivity index (χ0) is 15.6. The Kier molecular flexibility index (Phi) is 6.49. The number of benzene rings is 1. The number of nitrogens with zero attached hydrogens (tertiary/aromatic N) is 1. The summed E-state index contributed by atoms with van der Waals surface area (Å²) in [6, 6.07) is 4.72. The molecule has 0 bridgehead atoms. The smallest absolute Gasteiger partial charge is 0.243 e. The van der Waals surface area contributed by atoms with Crippen molar-refractivity contribution in [2.75, 3.05) is 27.3 Å². The Balaban J connectivity index is 0.00000242. The summed E-state index contributed by atoms with van der Waals surface area (Å²) in [6.45, 7) is 4.98. The van der Waals surface area contributed by atoms with Crippen LogP contribution in [-0.4, -0.2) is 52.1 Å². The van der Waals surface area contributed by atoms with E-state index in [1.54, 1.807) is 12.1 Å². The number of hydrogen-bond donors (Lipinski definition) is 1. The summed E-state index contributed by atoms with van der Waals surface area (Å²) in [5, 5.41) is 3.28. The van der Waals surface area contributed by atoms with Crippen LogP contribution in [0.3, 0.4) is 0 Å². The van der Waals surface area contributed by atoms with E-state index in [1.165, 1.54) is 24.6 Å². The molecule has 1 aromatic carbocycles. The molecule has 1 heterocycles. The number of sulfonamides is 1. The van der Waals surface area contributed by atoms with Gasteiger partial charge in [0.15, 0.2) is 11.5 Å². The highest BCUT2D eigenvalue weighted by Crippen LogP contribution is 2.31. The van der Waals surface area contributed by atoms with Crippen LogP contribution in [0.15, 0.2) is 23.1 Å². The van der Waals surface area contributed by atoms with E-state index in [9.17, 15) is 8.42 Å². The molecule has 0 spiro atoms. The molecular formula is C14H23ClN2O4S. The van der Waals surface area contributed by atoms with Gasteiger partial charge in [-0.3, -0.25) is 0 Å². The highest BCUT2D eigenvalue weighted by Gasteiger charge is 2.33. The fraction of sp³-hybridized carbons (Fsp3) is 0.571. The summed E-state index contributed by atoms with van der Waals surface area (Å²) < 4.78 is 37.5. The molecule has 0 radical (unpaired) electrons. The molecule has 0 aliphatic carbocycles. The van der Waals surface area contributed by atoms with Gasteiger partial charge < -0.3 is 14.8 Å². The zero-order valence-corrected chi connectivity index (χ0v) is 14.8. The van der Waals surface area contributed by atoms with Crippen molar-refractivity contribution in [3.63, 3.8) is 0 Å². The van der Waals surface area contributed by atoms with Gasteiger partial charge in [0.05, 0.1) is 19.1 Å². The first-order valence-corrected chi connectivity index (χ1v) is 8.31. The van der Waals surface area contributed by atoms with E-state index in [4.69, 9.17) is 9.47 Å². The molecule has 1 aromatic rings. The normalized spacial score (nSPS) is 22.7. The van der Waals surface area contributed by atoms with E-state index in [0.29, 0.717) is 24.6 Å². The van der Waals surface area contributed by atoms with Crippen LogP contribution in [0, 0.1) is 0 Å². The maximum Gasteiger partial charge on any atom is 0.243 e. The number of hydrogen-bond acceptors (Lipinski definition) is 5. The van der Waals surface area contributed by atoms with Gasteiger partial charge in [0.25, 0.3) is 0 Å². The second kappa shape index (κ2) is 7.50. The topological polar surface area (TPSA) is 67.9 Å².